The fraction of sp³-hybridized carbons (Fsp3) is 0.458. The Kier molecular flexibility index (Phi) is 8.39. The summed E-state index contributed by atoms with van der Waals surface area (Å²) in [4.78, 5) is 13.9. The maximum atomic E-state index is 14.0. The zero-order valence-corrected chi connectivity index (χ0v) is 20.6. The van der Waals surface area contributed by atoms with Crippen LogP contribution in [0.25, 0.3) is 0 Å². The van der Waals surface area contributed by atoms with Gasteiger partial charge in [-0.2, -0.15) is 13.2 Å². The monoisotopic (exact) mass is 519 g/mol. The Labute approximate surface area is 206 Å². The minimum Gasteiger partial charge on any atom is -0.460 e. The van der Waals surface area contributed by atoms with Crippen LogP contribution in [0.4, 0.5) is 13.2 Å². The number of alkyl halides is 3. The van der Waals surface area contributed by atoms with Gasteiger partial charge in [0.2, 0.25) is 0 Å². The second kappa shape index (κ2) is 10.7. The summed E-state index contributed by atoms with van der Waals surface area (Å²) >= 11 is 12.2. The topological polar surface area (TPSA) is 48.0 Å². The van der Waals surface area contributed by atoms with E-state index in [9.17, 15) is 18.0 Å². The predicted octanol–water partition coefficient (Wildman–Crippen LogP) is 6.91. The molecule has 1 atom stereocenters. The lowest BCUT2D eigenvalue weighted by Gasteiger charge is -2.34. The molecule has 0 amide bonds. The Morgan fingerprint density at radius 2 is 1.82 bits per heavy atom. The lowest BCUT2D eigenvalue weighted by Crippen LogP contribution is -2.40. The van der Waals surface area contributed by atoms with Crippen molar-refractivity contribution in [1.29, 1.82) is 0 Å². The first kappa shape index (κ1) is 26.6. The summed E-state index contributed by atoms with van der Waals surface area (Å²) in [6.07, 6.45) is -5.32. The molecule has 0 N–H and O–H groups in total. The predicted molar refractivity (Wildman–Crippen MR) is 124 cm³/mol. The van der Waals surface area contributed by atoms with Crippen LogP contribution in [0.3, 0.4) is 0 Å². The normalized spacial score (nSPS) is 17.5. The summed E-state index contributed by atoms with van der Waals surface area (Å²) < 4.78 is 58.4. The van der Waals surface area contributed by atoms with Gasteiger partial charge in [0.25, 0.3) is 0 Å². The van der Waals surface area contributed by atoms with Crippen LogP contribution >= 0.6 is 23.2 Å². The van der Waals surface area contributed by atoms with Crippen molar-refractivity contribution in [3.63, 3.8) is 0 Å². The lowest BCUT2D eigenvalue weighted by atomic mass is 10.00. The van der Waals surface area contributed by atoms with Crippen LogP contribution in [0.5, 0.6) is 11.5 Å². The van der Waals surface area contributed by atoms with E-state index in [0.29, 0.717) is 13.1 Å². The summed E-state index contributed by atoms with van der Waals surface area (Å²) in [5, 5.41) is 0.364. The van der Waals surface area contributed by atoms with Crippen molar-refractivity contribution in [2.24, 2.45) is 0 Å². The second-order valence-corrected chi connectivity index (χ2v) is 9.71. The molecule has 0 saturated carbocycles. The van der Waals surface area contributed by atoms with Crippen LogP contribution in [-0.4, -0.2) is 42.7 Å². The van der Waals surface area contributed by atoms with E-state index >= 15 is 0 Å². The molecule has 0 aliphatic carbocycles. The summed E-state index contributed by atoms with van der Waals surface area (Å²) in [6, 6.07) is 8.35. The van der Waals surface area contributed by atoms with E-state index in [4.69, 9.17) is 37.4 Å². The minimum atomic E-state index is -4.64. The number of hydrogen-bond donors (Lipinski definition) is 0. The number of morpholine rings is 1. The van der Waals surface area contributed by atoms with Gasteiger partial charge in [0.05, 0.1) is 34.7 Å². The molecule has 1 saturated heterocycles. The van der Waals surface area contributed by atoms with E-state index in [1.807, 2.05) is 4.90 Å². The van der Waals surface area contributed by atoms with Crippen LogP contribution in [0.15, 0.2) is 36.4 Å². The molecule has 0 radical (unpaired) electrons. The van der Waals surface area contributed by atoms with Gasteiger partial charge >= 0.3 is 12.1 Å². The van der Waals surface area contributed by atoms with Gasteiger partial charge in [0.1, 0.15) is 11.4 Å². The molecule has 1 fully saturated rings. The highest BCUT2D eigenvalue weighted by molar-refractivity contribution is 6.37. The Morgan fingerprint density at radius 1 is 1.15 bits per heavy atom. The summed E-state index contributed by atoms with van der Waals surface area (Å²) in [5.74, 6) is -0.330. The molecule has 10 heteroatoms. The molecule has 0 aromatic heterocycles. The van der Waals surface area contributed by atoms with Gasteiger partial charge in [-0.05, 0) is 50.6 Å². The van der Waals surface area contributed by atoms with Crippen molar-refractivity contribution in [2.45, 2.75) is 45.1 Å². The van der Waals surface area contributed by atoms with Crippen molar-refractivity contribution in [1.82, 2.24) is 4.90 Å². The van der Waals surface area contributed by atoms with Crippen molar-refractivity contribution in [3.05, 3.63) is 57.6 Å². The van der Waals surface area contributed by atoms with Crippen molar-refractivity contribution >= 4 is 29.2 Å². The van der Waals surface area contributed by atoms with Gasteiger partial charge < -0.3 is 14.2 Å². The van der Waals surface area contributed by atoms with Crippen molar-refractivity contribution < 1.29 is 32.2 Å². The third-order valence-electron chi connectivity index (χ3n) is 5.02. The Balaban J connectivity index is 1.77. The van der Waals surface area contributed by atoms with E-state index in [1.54, 1.807) is 26.8 Å². The van der Waals surface area contributed by atoms with Gasteiger partial charge in [-0.25, -0.2) is 0 Å². The zero-order valence-electron chi connectivity index (χ0n) is 19.0. The molecule has 2 aromatic carbocycles. The molecule has 0 bridgehead atoms. The fourth-order valence-corrected chi connectivity index (χ4v) is 4.03. The average Bonchev–Trinajstić information content (AvgIpc) is 2.73. The third-order valence-corrected chi connectivity index (χ3v) is 5.61. The molecule has 34 heavy (non-hydrogen) atoms. The van der Waals surface area contributed by atoms with Crippen LogP contribution < -0.4 is 4.74 Å². The number of benzene rings is 2. The summed E-state index contributed by atoms with van der Waals surface area (Å²) in [5.41, 5.74) is -1.47. The molecule has 1 unspecified atom stereocenters. The average molecular weight is 520 g/mol. The first-order chi connectivity index (χ1) is 15.8. The number of esters is 1. The van der Waals surface area contributed by atoms with Gasteiger partial charge in [-0.3, -0.25) is 9.69 Å². The second-order valence-electron chi connectivity index (χ2n) is 8.90. The molecule has 186 valence electrons. The molecule has 0 spiro atoms. The number of carbonyl (C=O) groups excluding carboxylic acids is 1. The number of carbonyl (C=O) groups is 1. The highest BCUT2D eigenvalue weighted by Crippen LogP contribution is 2.41. The molecule has 2 aromatic rings. The largest absolute Gasteiger partial charge is 0.460 e. The number of para-hydroxylation sites is 1. The van der Waals surface area contributed by atoms with E-state index in [1.165, 1.54) is 24.3 Å². The number of halogens is 5. The molecule has 3 rings (SSSR count). The van der Waals surface area contributed by atoms with E-state index in [0.717, 1.165) is 6.07 Å². The SMILES string of the molecule is CC(C)(C)OC(=O)CCN1CCOC(c2ccc(Oc3c(Cl)cccc3Cl)cc2C(F)(F)F)C1. The molecular formula is C24H26Cl2F3NO4. The molecule has 5 nitrogen and oxygen atoms in total. The summed E-state index contributed by atoms with van der Waals surface area (Å²) in [7, 11) is 0. The van der Waals surface area contributed by atoms with Gasteiger partial charge in [0, 0.05) is 19.6 Å². The minimum absolute atomic E-state index is 0.00734. The molecule has 1 aliphatic heterocycles. The maximum Gasteiger partial charge on any atom is 0.416 e. The lowest BCUT2D eigenvalue weighted by molar-refractivity contribution is -0.155. The van der Waals surface area contributed by atoms with Crippen LogP contribution in [0, 0.1) is 0 Å². The first-order valence-electron chi connectivity index (χ1n) is 10.7. The van der Waals surface area contributed by atoms with Crippen LogP contribution in [-0.2, 0) is 20.4 Å². The van der Waals surface area contributed by atoms with Gasteiger partial charge in [0.15, 0.2) is 5.75 Å². The number of hydrogen-bond acceptors (Lipinski definition) is 5. The van der Waals surface area contributed by atoms with E-state index in [-0.39, 0.29) is 52.6 Å². The molecule has 1 heterocycles. The third kappa shape index (κ3) is 7.25. The number of nitrogens with zero attached hydrogens (tertiary/aromatic N) is 1. The Morgan fingerprint density at radius 3 is 2.44 bits per heavy atom. The highest BCUT2D eigenvalue weighted by Gasteiger charge is 2.37. The zero-order chi connectivity index (χ0) is 25.1. The Hall–Kier alpha value is -2.00. The number of ether oxygens (including phenoxy) is 3. The maximum absolute atomic E-state index is 14.0. The van der Waals surface area contributed by atoms with E-state index < -0.39 is 23.4 Å². The van der Waals surface area contributed by atoms with Gasteiger partial charge in [-0.15, -0.1) is 0 Å². The molecular weight excluding hydrogens is 494 g/mol. The number of rotatable bonds is 6. The van der Waals surface area contributed by atoms with Crippen molar-refractivity contribution in [2.75, 3.05) is 26.2 Å². The fourth-order valence-electron chi connectivity index (χ4n) is 3.56. The van der Waals surface area contributed by atoms with Crippen LogP contribution in [0.1, 0.15) is 44.4 Å². The first-order valence-corrected chi connectivity index (χ1v) is 11.5. The van der Waals surface area contributed by atoms with E-state index in [2.05, 4.69) is 0 Å². The smallest absolute Gasteiger partial charge is 0.416 e. The standard InChI is InChI=1S/C24H26Cl2F3NO4/c1-23(2,3)34-21(31)9-10-30-11-12-32-20(14-30)16-8-7-15(13-17(16)24(27,28)29)33-22-18(25)5-4-6-19(22)26/h4-8,13,20H,9-12,14H2,1-3H3. The van der Waals surface area contributed by atoms with Gasteiger partial charge in [-0.1, -0.05) is 35.3 Å². The quantitative estimate of drug-likeness (QED) is 0.388. The molecule has 1 aliphatic rings. The Bertz CT molecular complexity index is 1000. The van der Waals surface area contributed by atoms with Crippen LogP contribution in [0.2, 0.25) is 10.0 Å². The highest BCUT2D eigenvalue weighted by atomic mass is 35.5. The van der Waals surface area contributed by atoms with Crippen molar-refractivity contribution in [3.8, 4) is 11.5 Å². The summed E-state index contributed by atoms with van der Waals surface area (Å²) in [6.45, 7) is 6.66.